The molecule has 0 aromatic heterocycles. The number of terminal acetylenes is 1. The first-order chi connectivity index (χ1) is 5.63. The first-order valence-electron chi connectivity index (χ1n) is 3.91. The molecule has 12 heavy (non-hydrogen) atoms. The minimum Gasteiger partial charge on any atom is -0.466 e. The molecule has 0 rings (SSSR count). The molecule has 3 nitrogen and oxygen atoms in total. The Hall–Kier alpha value is -1.01. The van der Waals surface area contributed by atoms with Gasteiger partial charge in [-0.2, -0.15) is 0 Å². The molecule has 2 atom stereocenters. The number of esters is 1. The Morgan fingerprint density at radius 3 is 2.67 bits per heavy atom. The minimum absolute atomic E-state index is 0.219. The summed E-state index contributed by atoms with van der Waals surface area (Å²) in [7, 11) is 0. The number of aliphatic hydroxyl groups excluding tert-OH is 1. The molecule has 1 N–H and O–H groups in total. The van der Waals surface area contributed by atoms with Crippen molar-refractivity contribution < 1.29 is 14.6 Å². The molecule has 0 unspecified atom stereocenters. The highest BCUT2D eigenvalue weighted by Gasteiger charge is 2.23. The summed E-state index contributed by atoms with van der Waals surface area (Å²) in [5.74, 6) is 1.31. The van der Waals surface area contributed by atoms with Crippen LogP contribution in [0.25, 0.3) is 0 Å². The Labute approximate surface area is 72.7 Å². The van der Waals surface area contributed by atoms with Crippen molar-refractivity contribution in [1.82, 2.24) is 0 Å². The monoisotopic (exact) mass is 170 g/mol. The molecule has 0 aliphatic heterocycles. The molecule has 0 aliphatic carbocycles. The van der Waals surface area contributed by atoms with Gasteiger partial charge in [0.1, 0.15) is 0 Å². The molecule has 0 heterocycles. The van der Waals surface area contributed by atoms with Gasteiger partial charge in [-0.05, 0) is 13.8 Å². The van der Waals surface area contributed by atoms with Gasteiger partial charge in [0, 0.05) is 6.42 Å². The van der Waals surface area contributed by atoms with Crippen molar-refractivity contribution in [3.63, 3.8) is 0 Å². The summed E-state index contributed by atoms with van der Waals surface area (Å²) < 4.78 is 4.72. The number of aliphatic hydroxyl groups is 1. The van der Waals surface area contributed by atoms with E-state index in [1.54, 1.807) is 6.92 Å². The summed E-state index contributed by atoms with van der Waals surface area (Å²) in [5.41, 5.74) is 0. The lowest BCUT2D eigenvalue weighted by Crippen LogP contribution is -2.27. The van der Waals surface area contributed by atoms with Crippen LogP contribution in [0.15, 0.2) is 0 Å². The maximum Gasteiger partial charge on any atom is 0.312 e. The standard InChI is InChI=1S/C9H14O3/c1-4-6-8(7(3)10)9(11)12-5-2/h1,7-8,10H,5-6H2,2-3H3/t7-,8+/m1/s1. The second-order valence-corrected chi connectivity index (χ2v) is 2.51. The van der Waals surface area contributed by atoms with Gasteiger partial charge in [0.2, 0.25) is 0 Å². The van der Waals surface area contributed by atoms with E-state index >= 15 is 0 Å². The van der Waals surface area contributed by atoms with Gasteiger partial charge in [-0.25, -0.2) is 0 Å². The molecule has 3 heteroatoms. The molecule has 0 fully saturated rings. The molecule has 0 aromatic rings. The Bertz CT molecular complexity index is 179. The zero-order valence-corrected chi connectivity index (χ0v) is 7.41. The molecule has 0 spiro atoms. The van der Waals surface area contributed by atoms with Crippen LogP contribution in [-0.4, -0.2) is 23.8 Å². The van der Waals surface area contributed by atoms with Crippen molar-refractivity contribution in [2.24, 2.45) is 5.92 Å². The van der Waals surface area contributed by atoms with Crippen LogP contribution in [0.5, 0.6) is 0 Å². The van der Waals surface area contributed by atoms with Crippen LogP contribution < -0.4 is 0 Å². The number of hydrogen-bond donors (Lipinski definition) is 1. The second kappa shape index (κ2) is 5.62. The third-order valence-corrected chi connectivity index (χ3v) is 1.51. The summed E-state index contributed by atoms with van der Waals surface area (Å²) in [4.78, 5) is 11.1. The summed E-state index contributed by atoms with van der Waals surface area (Å²) in [6.45, 7) is 3.55. The summed E-state index contributed by atoms with van der Waals surface area (Å²) in [6, 6.07) is 0. The maximum atomic E-state index is 11.1. The van der Waals surface area contributed by atoms with Crippen LogP contribution in [0.1, 0.15) is 20.3 Å². The van der Waals surface area contributed by atoms with E-state index in [4.69, 9.17) is 16.3 Å². The van der Waals surface area contributed by atoms with E-state index in [0.29, 0.717) is 6.61 Å². The number of ether oxygens (including phenoxy) is 1. The van der Waals surface area contributed by atoms with E-state index in [-0.39, 0.29) is 6.42 Å². The Kier molecular flexibility index (Phi) is 5.14. The summed E-state index contributed by atoms with van der Waals surface area (Å²) in [5, 5.41) is 9.14. The lowest BCUT2D eigenvalue weighted by atomic mass is 10.0. The predicted octanol–water partition coefficient (Wildman–Crippen LogP) is 0.570. The zero-order chi connectivity index (χ0) is 9.56. The van der Waals surface area contributed by atoms with E-state index < -0.39 is 18.0 Å². The predicted molar refractivity (Wildman–Crippen MR) is 45.3 cm³/mol. The van der Waals surface area contributed by atoms with Gasteiger partial charge in [-0.15, -0.1) is 12.3 Å². The van der Waals surface area contributed by atoms with Gasteiger partial charge in [-0.3, -0.25) is 4.79 Å². The minimum atomic E-state index is -0.750. The molecule has 68 valence electrons. The third-order valence-electron chi connectivity index (χ3n) is 1.51. The fourth-order valence-electron chi connectivity index (χ4n) is 0.827. The Morgan fingerprint density at radius 2 is 2.33 bits per heavy atom. The molecule has 0 aromatic carbocycles. The SMILES string of the molecule is C#CC[C@H](C(=O)OCC)[C@@H](C)O. The first kappa shape index (κ1) is 11.0. The van der Waals surface area contributed by atoms with Crippen molar-refractivity contribution in [2.75, 3.05) is 6.61 Å². The zero-order valence-electron chi connectivity index (χ0n) is 7.41. The van der Waals surface area contributed by atoms with Crippen molar-refractivity contribution in [3.05, 3.63) is 0 Å². The average molecular weight is 170 g/mol. The van der Waals surface area contributed by atoms with E-state index in [0.717, 1.165) is 0 Å². The third kappa shape index (κ3) is 3.40. The molecule has 0 amide bonds. The van der Waals surface area contributed by atoms with E-state index in [2.05, 4.69) is 5.92 Å². The quantitative estimate of drug-likeness (QED) is 0.495. The van der Waals surface area contributed by atoms with Crippen LogP contribution in [0.4, 0.5) is 0 Å². The van der Waals surface area contributed by atoms with Gasteiger partial charge in [0.25, 0.3) is 0 Å². The molecule has 0 radical (unpaired) electrons. The number of carbonyl (C=O) groups is 1. The smallest absolute Gasteiger partial charge is 0.312 e. The van der Waals surface area contributed by atoms with Crippen LogP contribution in [-0.2, 0) is 9.53 Å². The van der Waals surface area contributed by atoms with Crippen molar-refractivity contribution in [1.29, 1.82) is 0 Å². The molecule has 0 bridgehead atoms. The Balaban J connectivity index is 4.11. The largest absolute Gasteiger partial charge is 0.466 e. The lowest BCUT2D eigenvalue weighted by molar-refractivity contribution is -0.151. The highest BCUT2D eigenvalue weighted by molar-refractivity contribution is 5.73. The highest BCUT2D eigenvalue weighted by Crippen LogP contribution is 2.10. The van der Waals surface area contributed by atoms with Gasteiger partial charge in [-0.1, -0.05) is 0 Å². The molecule has 0 saturated heterocycles. The average Bonchev–Trinajstić information content (AvgIpc) is 1.99. The lowest BCUT2D eigenvalue weighted by Gasteiger charge is -2.14. The molecular formula is C9H14O3. The van der Waals surface area contributed by atoms with Crippen molar-refractivity contribution >= 4 is 5.97 Å². The van der Waals surface area contributed by atoms with Crippen molar-refractivity contribution in [2.45, 2.75) is 26.4 Å². The topological polar surface area (TPSA) is 46.5 Å². The molecular weight excluding hydrogens is 156 g/mol. The normalized spacial score (nSPS) is 14.5. The van der Waals surface area contributed by atoms with Gasteiger partial charge in [0.15, 0.2) is 0 Å². The van der Waals surface area contributed by atoms with E-state index in [9.17, 15) is 4.79 Å². The summed E-state index contributed by atoms with van der Waals surface area (Å²) in [6.07, 6.45) is 4.50. The van der Waals surface area contributed by atoms with Crippen molar-refractivity contribution in [3.8, 4) is 12.3 Å². The van der Waals surface area contributed by atoms with Gasteiger partial charge < -0.3 is 9.84 Å². The van der Waals surface area contributed by atoms with E-state index in [1.165, 1.54) is 6.92 Å². The van der Waals surface area contributed by atoms with Gasteiger partial charge in [0.05, 0.1) is 18.6 Å². The molecule has 0 aliphatic rings. The maximum absolute atomic E-state index is 11.1. The van der Waals surface area contributed by atoms with E-state index in [1.807, 2.05) is 0 Å². The number of carbonyl (C=O) groups excluding carboxylic acids is 1. The number of rotatable bonds is 4. The van der Waals surface area contributed by atoms with Gasteiger partial charge >= 0.3 is 5.97 Å². The summed E-state index contributed by atoms with van der Waals surface area (Å²) >= 11 is 0. The fraction of sp³-hybridized carbons (Fsp3) is 0.667. The second-order valence-electron chi connectivity index (χ2n) is 2.51. The van der Waals surface area contributed by atoms with Crippen LogP contribution >= 0.6 is 0 Å². The fourth-order valence-corrected chi connectivity index (χ4v) is 0.827. The first-order valence-corrected chi connectivity index (χ1v) is 3.91. The van der Waals surface area contributed by atoms with Crippen LogP contribution in [0, 0.1) is 18.3 Å². The molecule has 0 saturated carbocycles. The van der Waals surface area contributed by atoms with Crippen LogP contribution in [0.2, 0.25) is 0 Å². The Morgan fingerprint density at radius 1 is 1.75 bits per heavy atom. The number of hydrogen-bond acceptors (Lipinski definition) is 3. The highest BCUT2D eigenvalue weighted by atomic mass is 16.5. The van der Waals surface area contributed by atoms with Crippen LogP contribution in [0.3, 0.4) is 0 Å².